The first-order chi connectivity index (χ1) is 15.4. The number of amides is 1. The number of aromatic nitrogens is 3. The number of rotatable bonds is 7. The van der Waals surface area contributed by atoms with E-state index in [1.165, 1.54) is 48.4 Å². The number of hydrogen-bond acceptors (Lipinski definition) is 7. The van der Waals surface area contributed by atoms with Crippen LogP contribution in [0, 0.1) is 5.92 Å². The second kappa shape index (κ2) is 9.72. The molecule has 2 heterocycles. The molecule has 0 aliphatic heterocycles. The summed E-state index contributed by atoms with van der Waals surface area (Å²) < 4.78 is 12.5. The Kier molecular flexibility index (Phi) is 6.97. The zero-order valence-corrected chi connectivity index (χ0v) is 20.8. The van der Waals surface area contributed by atoms with Crippen LogP contribution in [0.1, 0.15) is 23.8 Å². The summed E-state index contributed by atoms with van der Waals surface area (Å²) in [6.45, 7) is 2.31. The number of thiophene rings is 1. The van der Waals surface area contributed by atoms with Crippen molar-refractivity contribution in [3.05, 3.63) is 33.0 Å². The van der Waals surface area contributed by atoms with Crippen molar-refractivity contribution in [3.8, 4) is 22.9 Å². The molecule has 4 rings (SSSR count). The van der Waals surface area contributed by atoms with Crippen LogP contribution in [0.15, 0.2) is 22.7 Å². The summed E-state index contributed by atoms with van der Waals surface area (Å²) in [6.07, 6.45) is 3.42. The highest BCUT2D eigenvalue weighted by Crippen LogP contribution is 2.38. The van der Waals surface area contributed by atoms with Gasteiger partial charge in [-0.3, -0.25) is 4.79 Å². The first kappa shape index (κ1) is 22.9. The molecular weight excluding hydrogens is 468 g/mol. The van der Waals surface area contributed by atoms with Gasteiger partial charge in [-0.15, -0.1) is 21.5 Å². The fourth-order valence-electron chi connectivity index (χ4n) is 3.81. The van der Waals surface area contributed by atoms with Gasteiger partial charge in [-0.05, 0) is 30.7 Å². The maximum Gasteiger partial charge on any atom is 0.234 e. The molecule has 0 fully saturated rings. The van der Waals surface area contributed by atoms with Crippen molar-refractivity contribution < 1.29 is 14.3 Å². The minimum Gasteiger partial charge on any atom is -0.495 e. The molecule has 170 valence electrons. The normalized spacial score (nSPS) is 15.3. The quantitative estimate of drug-likeness (QED) is 0.464. The van der Waals surface area contributed by atoms with Gasteiger partial charge in [0.2, 0.25) is 5.91 Å². The third-order valence-electron chi connectivity index (χ3n) is 5.56. The Bertz CT molecular complexity index is 1140. The average Bonchev–Trinajstić information content (AvgIpc) is 3.35. The Balaban J connectivity index is 1.45. The van der Waals surface area contributed by atoms with Gasteiger partial charge in [0.25, 0.3) is 0 Å². The van der Waals surface area contributed by atoms with Crippen molar-refractivity contribution >= 4 is 46.3 Å². The van der Waals surface area contributed by atoms with Gasteiger partial charge in [-0.1, -0.05) is 30.3 Å². The Labute approximate surface area is 200 Å². The van der Waals surface area contributed by atoms with E-state index >= 15 is 0 Å². The number of hydrogen-bond donors (Lipinski definition) is 1. The number of halogens is 1. The molecule has 0 saturated carbocycles. The maximum atomic E-state index is 12.6. The van der Waals surface area contributed by atoms with Gasteiger partial charge in [-0.25, -0.2) is 0 Å². The number of methoxy groups -OCH3 is 2. The molecule has 1 aliphatic carbocycles. The molecule has 3 aromatic rings. The lowest BCUT2D eigenvalue weighted by Gasteiger charge is -2.18. The first-order valence-electron chi connectivity index (χ1n) is 10.2. The number of fused-ring (bicyclic) bond motifs is 1. The summed E-state index contributed by atoms with van der Waals surface area (Å²) in [7, 11) is 4.98. The molecule has 1 unspecified atom stereocenters. The SMILES string of the molecule is COc1cc(NC(=O)CSc2nnc(-c3csc4c3CCC(C)C4)n2C)c(OC)cc1Cl. The molecule has 1 amide bonds. The number of nitrogens with one attached hydrogen (secondary N) is 1. The van der Waals surface area contributed by atoms with E-state index in [0.29, 0.717) is 27.4 Å². The predicted molar refractivity (Wildman–Crippen MR) is 129 cm³/mol. The molecule has 10 heteroatoms. The number of carbonyl (C=O) groups excluding carboxylic acids is 1. The highest BCUT2D eigenvalue weighted by molar-refractivity contribution is 7.99. The molecule has 32 heavy (non-hydrogen) atoms. The number of carbonyl (C=O) groups is 1. The molecular formula is C22H25ClN4O3S2. The Morgan fingerprint density at radius 1 is 1.31 bits per heavy atom. The summed E-state index contributed by atoms with van der Waals surface area (Å²) >= 11 is 9.28. The minimum atomic E-state index is -0.191. The fraction of sp³-hybridized carbons (Fsp3) is 0.409. The number of anilines is 1. The van der Waals surface area contributed by atoms with Crippen molar-refractivity contribution in [2.24, 2.45) is 13.0 Å². The molecule has 0 spiro atoms. The van der Waals surface area contributed by atoms with Crippen molar-refractivity contribution in [1.82, 2.24) is 14.8 Å². The van der Waals surface area contributed by atoms with Gasteiger partial charge >= 0.3 is 0 Å². The summed E-state index contributed by atoms with van der Waals surface area (Å²) in [5.41, 5.74) is 3.07. The molecule has 1 atom stereocenters. The minimum absolute atomic E-state index is 0.180. The maximum absolute atomic E-state index is 12.6. The number of nitrogens with zero attached hydrogens (tertiary/aromatic N) is 3. The van der Waals surface area contributed by atoms with E-state index in [-0.39, 0.29) is 11.7 Å². The van der Waals surface area contributed by atoms with Crippen molar-refractivity contribution in [2.45, 2.75) is 31.3 Å². The van der Waals surface area contributed by atoms with Crippen LogP contribution in [0.2, 0.25) is 5.02 Å². The van der Waals surface area contributed by atoms with E-state index in [0.717, 1.165) is 24.6 Å². The topological polar surface area (TPSA) is 78.3 Å². The standard InChI is InChI=1S/C22H25ClN4O3S2/c1-12-5-6-13-14(10-31-19(13)7-12)21-25-26-22(27(21)2)32-11-20(28)24-16-9-17(29-3)15(23)8-18(16)30-4/h8-10,12H,5-7,11H2,1-4H3,(H,24,28). The third kappa shape index (κ3) is 4.60. The molecule has 0 saturated heterocycles. The monoisotopic (exact) mass is 492 g/mol. The van der Waals surface area contributed by atoms with E-state index in [1.54, 1.807) is 12.1 Å². The van der Waals surface area contributed by atoms with Gasteiger partial charge in [-0.2, -0.15) is 0 Å². The molecule has 1 N–H and O–H groups in total. The fourth-order valence-corrected chi connectivity index (χ4v) is 6.00. The van der Waals surface area contributed by atoms with Gasteiger partial charge in [0.15, 0.2) is 11.0 Å². The van der Waals surface area contributed by atoms with Crippen LogP contribution in [0.5, 0.6) is 11.5 Å². The highest BCUT2D eigenvalue weighted by atomic mass is 35.5. The predicted octanol–water partition coefficient (Wildman–Crippen LogP) is 5.07. The van der Waals surface area contributed by atoms with E-state index < -0.39 is 0 Å². The van der Waals surface area contributed by atoms with Crippen molar-refractivity contribution in [3.63, 3.8) is 0 Å². The lowest BCUT2D eigenvalue weighted by molar-refractivity contribution is -0.113. The zero-order valence-electron chi connectivity index (χ0n) is 18.4. The van der Waals surface area contributed by atoms with Gasteiger partial charge in [0.05, 0.1) is 30.7 Å². The van der Waals surface area contributed by atoms with Crippen LogP contribution in [-0.2, 0) is 24.7 Å². The Morgan fingerprint density at radius 2 is 2.09 bits per heavy atom. The summed E-state index contributed by atoms with van der Waals surface area (Å²) in [4.78, 5) is 14.1. The van der Waals surface area contributed by atoms with Gasteiger partial charge < -0.3 is 19.4 Å². The van der Waals surface area contributed by atoms with Crippen LogP contribution in [-0.4, -0.2) is 40.6 Å². The van der Waals surface area contributed by atoms with Crippen LogP contribution >= 0.6 is 34.7 Å². The lowest BCUT2D eigenvalue weighted by Crippen LogP contribution is -2.15. The van der Waals surface area contributed by atoms with E-state index in [9.17, 15) is 4.79 Å². The molecule has 7 nitrogen and oxygen atoms in total. The zero-order chi connectivity index (χ0) is 22.8. The van der Waals surface area contributed by atoms with E-state index in [4.69, 9.17) is 21.1 Å². The Morgan fingerprint density at radius 3 is 2.84 bits per heavy atom. The smallest absolute Gasteiger partial charge is 0.234 e. The molecule has 1 aliphatic rings. The number of benzene rings is 1. The summed E-state index contributed by atoms with van der Waals surface area (Å²) in [5.74, 6) is 2.50. The van der Waals surface area contributed by atoms with Gasteiger partial charge in [0, 0.05) is 35.0 Å². The van der Waals surface area contributed by atoms with E-state index in [1.807, 2.05) is 23.0 Å². The average molecular weight is 493 g/mol. The molecule has 0 radical (unpaired) electrons. The van der Waals surface area contributed by atoms with Crippen LogP contribution in [0.3, 0.4) is 0 Å². The first-order valence-corrected chi connectivity index (χ1v) is 12.5. The molecule has 1 aromatic carbocycles. The number of ether oxygens (including phenoxy) is 2. The molecule has 0 bridgehead atoms. The van der Waals surface area contributed by atoms with Crippen LogP contribution in [0.4, 0.5) is 5.69 Å². The molecule has 2 aromatic heterocycles. The summed E-state index contributed by atoms with van der Waals surface area (Å²) in [5, 5.41) is 14.9. The van der Waals surface area contributed by atoms with Gasteiger partial charge in [0.1, 0.15) is 11.5 Å². The largest absolute Gasteiger partial charge is 0.495 e. The van der Waals surface area contributed by atoms with Crippen molar-refractivity contribution in [1.29, 1.82) is 0 Å². The van der Waals surface area contributed by atoms with Crippen molar-refractivity contribution in [2.75, 3.05) is 25.3 Å². The highest BCUT2D eigenvalue weighted by Gasteiger charge is 2.24. The second-order valence-electron chi connectivity index (χ2n) is 7.79. The number of thioether (sulfide) groups is 1. The van der Waals surface area contributed by atoms with E-state index in [2.05, 4.69) is 27.8 Å². The lowest BCUT2D eigenvalue weighted by atomic mass is 9.88. The Hall–Kier alpha value is -2.23. The second-order valence-corrected chi connectivity index (χ2v) is 10.1. The van der Waals surface area contributed by atoms with Crippen LogP contribution in [0.25, 0.3) is 11.4 Å². The van der Waals surface area contributed by atoms with Crippen LogP contribution < -0.4 is 14.8 Å². The summed E-state index contributed by atoms with van der Waals surface area (Å²) in [6, 6.07) is 3.26. The third-order valence-corrected chi connectivity index (χ3v) is 7.92.